The first-order valence-electron chi connectivity index (χ1n) is 9.70. The number of fused-ring (bicyclic) bond motifs is 1. The predicted molar refractivity (Wildman–Crippen MR) is 118 cm³/mol. The lowest BCUT2D eigenvalue weighted by atomic mass is 10.1. The standard InChI is InChI=1S/C24H21ClN2O3/c1-16-24(29)27(15-18-9-5-6-10-20(18)25)21-14-19(11-12-22(21)30-16)26-23(28)13-17-7-3-2-4-8-17/h2-12,14,16H,13,15H2,1H3,(H,26,28). The topological polar surface area (TPSA) is 58.6 Å². The van der Waals surface area contributed by atoms with Crippen molar-refractivity contribution in [2.75, 3.05) is 10.2 Å². The Balaban J connectivity index is 1.58. The number of hydrogen-bond donors (Lipinski definition) is 1. The minimum Gasteiger partial charge on any atom is -0.479 e. The molecule has 4 rings (SSSR count). The molecule has 1 heterocycles. The Bertz CT molecular complexity index is 1080. The molecule has 2 amide bonds. The van der Waals surface area contributed by atoms with E-state index in [0.29, 0.717) is 28.7 Å². The number of nitrogens with zero attached hydrogens (tertiary/aromatic N) is 1. The van der Waals surface area contributed by atoms with Crippen LogP contribution in [0.4, 0.5) is 11.4 Å². The number of carbonyl (C=O) groups is 2. The second-order valence-corrected chi connectivity index (χ2v) is 7.58. The van der Waals surface area contributed by atoms with Crippen molar-refractivity contribution in [1.29, 1.82) is 0 Å². The monoisotopic (exact) mass is 420 g/mol. The first-order chi connectivity index (χ1) is 14.5. The van der Waals surface area contributed by atoms with Crippen molar-refractivity contribution in [1.82, 2.24) is 0 Å². The van der Waals surface area contributed by atoms with Crippen LogP contribution in [0.1, 0.15) is 18.1 Å². The minimum atomic E-state index is -0.599. The van der Waals surface area contributed by atoms with Crippen LogP contribution in [0.3, 0.4) is 0 Å². The van der Waals surface area contributed by atoms with Crippen molar-refractivity contribution in [3.05, 3.63) is 88.9 Å². The molecule has 0 radical (unpaired) electrons. The molecule has 0 bridgehead atoms. The van der Waals surface area contributed by atoms with Gasteiger partial charge in [-0.2, -0.15) is 0 Å². The van der Waals surface area contributed by atoms with E-state index in [0.717, 1.165) is 11.1 Å². The molecule has 0 saturated heterocycles. The van der Waals surface area contributed by atoms with Gasteiger partial charge in [-0.05, 0) is 42.3 Å². The quantitative estimate of drug-likeness (QED) is 0.642. The van der Waals surface area contributed by atoms with Gasteiger partial charge >= 0.3 is 0 Å². The number of hydrogen-bond acceptors (Lipinski definition) is 3. The second-order valence-electron chi connectivity index (χ2n) is 7.17. The van der Waals surface area contributed by atoms with Crippen LogP contribution in [0, 0.1) is 0 Å². The summed E-state index contributed by atoms with van der Waals surface area (Å²) < 4.78 is 5.76. The zero-order valence-electron chi connectivity index (χ0n) is 16.5. The lowest BCUT2D eigenvalue weighted by Crippen LogP contribution is -2.44. The van der Waals surface area contributed by atoms with Crippen molar-refractivity contribution in [3.8, 4) is 5.75 Å². The lowest BCUT2D eigenvalue weighted by Gasteiger charge is -2.33. The molecule has 6 heteroatoms. The van der Waals surface area contributed by atoms with Gasteiger partial charge in [0.1, 0.15) is 5.75 Å². The third-order valence-electron chi connectivity index (χ3n) is 4.94. The molecule has 1 aliphatic heterocycles. The number of halogens is 1. The summed E-state index contributed by atoms with van der Waals surface area (Å²) in [4.78, 5) is 26.9. The fourth-order valence-corrected chi connectivity index (χ4v) is 3.63. The van der Waals surface area contributed by atoms with Crippen molar-refractivity contribution in [2.45, 2.75) is 26.0 Å². The highest BCUT2D eigenvalue weighted by atomic mass is 35.5. The van der Waals surface area contributed by atoms with Crippen molar-refractivity contribution in [3.63, 3.8) is 0 Å². The van der Waals surface area contributed by atoms with E-state index in [2.05, 4.69) is 5.32 Å². The number of benzene rings is 3. The van der Waals surface area contributed by atoms with E-state index in [1.54, 1.807) is 36.1 Å². The van der Waals surface area contributed by atoms with Crippen LogP contribution in [-0.4, -0.2) is 17.9 Å². The molecule has 0 fully saturated rings. The highest BCUT2D eigenvalue weighted by molar-refractivity contribution is 6.31. The van der Waals surface area contributed by atoms with Crippen LogP contribution in [0.2, 0.25) is 5.02 Å². The largest absolute Gasteiger partial charge is 0.479 e. The zero-order chi connectivity index (χ0) is 21.1. The molecular formula is C24H21ClN2O3. The molecule has 0 aromatic heterocycles. The highest BCUT2D eigenvalue weighted by Gasteiger charge is 2.32. The summed E-state index contributed by atoms with van der Waals surface area (Å²) >= 11 is 6.31. The van der Waals surface area contributed by atoms with Crippen LogP contribution < -0.4 is 15.0 Å². The van der Waals surface area contributed by atoms with Crippen molar-refractivity contribution in [2.24, 2.45) is 0 Å². The van der Waals surface area contributed by atoms with E-state index in [9.17, 15) is 9.59 Å². The van der Waals surface area contributed by atoms with Crippen LogP contribution in [-0.2, 0) is 22.6 Å². The minimum absolute atomic E-state index is 0.129. The van der Waals surface area contributed by atoms with Crippen molar-refractivity contribution < 1.29 is 14.3 Å². The van der Waals surface area contributed by atoms with E-state index < -0.39 is 6.10 Å². The SMILES string of the molecule is CC1Oc2ccc(NC(=O)Cc3ccccc3)cc2N(Cc2ccccc2Cl)C1=O. The summed E-state index contributed by atoms with van der Waals surface area (Å²) in [5, 5.41) is 3.50. The van der Waals surface area contributed by atoms with Crippen LogP contribution >= 0.6 is 11.6 Å². The van der Waals surface area contributed by atoms with Crippen LogP contribution in [0.5, 0.6) is 5.75 Å². The van der Waals surface area contributed by atoms with Gasteiger partial charge in [0.15, 0.2) is 6.10 Å². The number of nitrogens with one attached hydrogen (secondary N) is 1. The maximum atomic E-state index is 12.8. The molecular weight excluding hydrogens is 400 g/mol. The lowest BCUT2D eigenvalue weighted by molar-refractivity contribution is -0.125. The van der Waals surface area contributed by atoms with Crippen LogP contribution in [0.25, 0.3) is 0 Å². The molecule has 3 aromatic rings. The van der Waals surface area contributed by atoms with Gasteiger partial charge in [0.05, 0.1) is 18.7 Å². The van der Waals surface area contributed by atoms with Crippen LogP contribution in [0.15, 0.2) is 72.8 Å². The predicted octanol–water partition coefficient (Wildman–Crippen LogP) is 4.84. The van der Waals surface area contributed by atoms with E-state index in [-0.39, 0.29) is 18.2 Å². The normalized spacial score (nSPS) is 15.3. The Hall–Kier alpha value is -3.31. The fourth-order valence-electron chi connectivity index (χ4n) is 3.43. The van der Waals surface area contributed by atoms with Crippen molar-refractivity contribution >= 4 is 34.8 Å². The highest BCUT2D eigenvalue weighted by Crippen LogP contribution is 2.37. The summed E-state index contributed by atoms with van der Waals surface area (Å²) in [5.41, 5.74) is 2.98. The van der Waals surface area contributed by atoms with Gasteiger partial charge in [0, 0.05) is 10.7 Å². The summed E-state index contributed by atoms with van der Waals surface area (Å²) in [6, 6.07) is 22.3. The molecule has 1 N–H and O–H groups in total. The fraction of sp³-hybridized carbons (Fsp3) is 0.167. The first kappa shape index (κ1) is 20.0. The molecule has 3 aromatic carbocycles. The smallest absolute Gasteiger partial charge is 0.268 e. The molecule has 1 unspecified atom stereocenters. The van der Waals surface area contributed by atoms with Gasteiger partial charge in [0.2, 0.25) is 5.91 Å². The molecule has 1 atom stereocenters. The first-order valence-corrected chi connectivity index (χ1v) is 10.1. The molecule has 0 spiro atoms. The summed E-state index contributed by atoms with van der Waals surface area (Å²) in [6.07, 6.45) is -0.327. The Kier molecular flexibility index (Phi) is 5.72. The van der Waals surface area contributed by atoms with Gasteiger partial charge in [-0.25, -0.2) is 0 Å². The number of carbonyl (C=O) groups excluding carboxylic acids is 2. The number of anilines is 2. The van der Waals surface area contributed by atoms with E-state index in [1.165, 1.54) is 0 Å². The van der Waals surface area contributed by atoms with Gasteiger partial charge in [-0.3, -0.25) is 9.59 Å². The summed E-state index contributed by atoms with van der Waals surface area (Å²) in [7, 11) is 0. The maximum Gasteiger partial charge on any atom is 0.268 e. The average molecular weight is 421 g/mol. The Labute approximate surface area is 180 Å². The van der Waals surface area contributed by atoms with E-state index in [1.807, 2.05) is 48.5 Å². The molecule has 1 aliphatic rings. The molecule has 5 nitrogen and oxygen atoms in total. The molecule has 30 heavy (non-hydrogen) atoms. The zero-order valence-corrected chi connectivity index (χ0v) is 17.2. The molecule has 0 saturated carbocycles. The third kappa shape index (κ3) is 4.31. The molecule has 0 aliphatic carbocycles. The van der Waals surface area contributed by atoms with Gasteiger partial charge < -0.3 is 15.0 Å². The third-order valence-corrected chi connectivity index (χ3v) is 5.31. The number of amides is 2. The number of rotatable bonds is 5. The number of ether oxygens (including phenoxy) is 1. The Morgan fingerprint density at radius 3 is 2.57 bits per heavy atom. The maximum absolute atomic E-state index is 12.8. The van der Waals surface area contributed by atoms with E-state index in [4.69, 9.17) is 16.3 Å². The molecule has 152 valence electrons. The van der Waals surface area contributed by atoms with Gasteiger partial charge in [-0.1, -0.05) is 60.1 Å². The second kappa shape index (κ2) is 8.59. The van der Waals surface area contributed by atoms with Gasteiger partial charge in [-0.15, -0.1) is 0 Å². The van der Waals surface area contributed by atoms with Gasteiger partial charge in [0.25, 0.3) is 5.91 Å². The Morgan fingerprint density at radius 2 is 1.80 bits per heavy atom. The summed E-state index contributed by atoms with van der Waals surface area (Å²) in [5.74, 6) is 0.306. The Morgan fingerprint density at radius 1 is 1.07 bits per heavy atom. The average Bonchev–Trinajstić information content (AvgIpc) is 2.74. The van der Waals surface area contributed by atoms with E-state index >= 15 is 0 Å². The summed E-state index contributed by atoms with van der Waals surface area (Å²) in [6.45, 7) is 2.04.